The summed E-state index contributed by atoms with van der Waals surface area (Å²) in [6.45, 7) is 1.44. The van der Waals surface area contributed by atoms with E-state index in [0.29, 0.717) is 16.9 Å². The number of nitro benzene ring substituents is 1. The fourth-order valence-electron chi connectivity index (χ4n) is 2.48. The number of aryl methyl sites for hydroxylation is 1. The Balaban J connectivity index is 1.95. The molecule has 1 aromatic carbocycles. The quantitative estimate of drug-likeness (QED) is 0.388. The molecule has 0 spiro atoms. The number of hydrogen-bond donors (Lipinski definition) is 1. The second-order valence-electron chi connectivity index (χ2n) is 5.59. The van der Waals surface area contributed by atoms with Crippen molar-refractivity contribution in [1.82, 2.24) is 10.2 Å². The molecule has 1 N–H and O–H groups in total. The summed E-state index contributed by atoms with van der Waals surface area (Å²) in [7, 11) is 0. The Labute approximate surface area is 147 Å². The largest absolute Gasteiger partial charge is 0.467 e. The van der Waals surface area contributed by atoms with Crippen LogP contribution in [-0.2, 0) is 16.1 Å². The molecule has 9 nitrogen and oxygen atoms in total. The maximum absolute atomic E-state index is 12.6. The summed E-state index contributed by atoms with van der Waals surface area (Å²) in [6, 6.07) is 6.66. The van der Waals surface area contributed by atoms with Gasteiger partial charge in [-0.3, -0.25) is 29.9 Å². The molecule has 2 heterocycles. The normalized spacial score (nSPS) is 16.1. The van der Waals surface area contributed by atoms with E-state index in [9.17, 15) is 24.5 Å². The van der Waals surface area contributed by atoms with Crippen LogP contribution < -0.4 is 5.32 Å². The molecule has 3 rings (SSSR count). The molecule has 1 aliphatic heterocycles. The van der Waals surface area contributed by atoms with Crippen LogP contribution in [0.4, 0.5) is 10.5 Å². The van der Waals surface area contributed by atoms with Gasteiger partial charge in [-0.25, -0.2) is 4.79 Å². The number of carbonyl (C=O) groups excluding carboxylic acids is 3. The van der Waals surface area contributed by atoms with Crippen molar-refractivity contribution in [2.75, 3.05) is 0 Å². The van der Waals surface area contributed by atoms with Gasteiger partial charge in [0.1, 0.15) is 11.3 Å². The molecular weight excluding hydrogens is 342 g/mol. The Kier molecular flexibility index (Phi) is 4.36. The third-order valence-corrected chi connectivity index (χ3v) is 3.82. The molecule has 9 heteroatoms. The van der Waals surface area contributed by atoms with E-state index in [2.05, 4.69) is 5.32 Å². The number of barbiturate groups is 1. The van der Waals surface area contributed by atoms with Crippen LogP contribution >= 0.6 is 0 Å². The van der Waals surface area contributed by atoms with Crippen molar-refractivity contribution in [3.05, 3.63) is 69.2 Å². The highest BCUT2D eigenvalue weighted by Crippen LogP contribution is 2.22. The summed E-state index contributed by atoms with van der Waals surface area (Å²) in [5.74, 6) is -1.30. The molecule has 0 radical (unpaired) electrons. The highest BCUT2D eigenvalue weighted by molar-refractivity contribution is 6.30. The number of rotatable bonds is 4. The van der Waals surface area contributed by atoms with Gasteiger partial charge in [-0.1, -0.05) is 12.1 Å². The van der Waals surface area contributed by atoms with Crippen LogP contribution in [0.1, 0.15) is 16.9 Å². The number of carbonyl (C=O) groups is 3. The van der Waals surface area contributed by atoms with Gasteiger partial charge in [0.15, 0.2) is 0 Å². The van der Waals surface area contributed by atoms with E-state index < -0.39 is 22.8 Å². The minimum atomic E-state index is -0.862. The zero-order chi connectivity index (χ0) is 18.8. The lowest BCUT2D eigenvalue weighted by Gasteiger charge is -2.25. The van der Waals surface area contributed by atoms with E-state index in [1.165, 1.54) is 24.5 Å². The van der Waals surface area contributed by atoms with Gasteiger partial charge in [-0.15, -0.1) is 0 Å². The molecule has 0 unspecified atom stereocenters. The van der Waals surface area contributed by atoms with E-state index in [1.807, 2.05) is 0 Å². The molecular formula is C17H13N3O6. The molecule has 2 aromatic rings. The first-order valence-electron chi connectivity index (χ1n) is 7.53. The second kappa shape index (κ2) is 6.63. The lowest BCUT2D eigenvalue weighted by atomic mass is 10.0. The zero-order valence-electron chi connectivity index (χ0n) is 13.6. The molecule has 0 bridgehead atoms. The Hall–Kier alpha value is -3.75. The Morgan fingerprint density at radius 2 is 2.04 bits per heavy atom. The average Bonchev–Trinajstić information content (AvgIpc) is 3.09. The zero-order valence-corrected chi connectivity index (χ0v) is 13.6. The van der Waals surface area contributed by atoms with Crippen LogP contribution in [-0.4, -0.2) is 27.7 Å². The van der Waals surface area contributed by atoms with E-state index in [1.54, 1.807) is 25.1 Å². The number of furan rings is 1. The third kappa shape index (κ3) is 3.22. The van der Waals surface area contributed by atoms with Gasteiger partial charge in [0.25, 0.3) is 17.5 Å². The van der Waals surface area contributed by atoms with Crippen LogP contribution in [0.15, 0.2) is 46.6 Å². The van der Waals surface area contributed by atoms with Gasteiger partial charge in [0.05, 0.1) is 17.7 Å². The van der Waals surface area contributed by atoms with Crippen LogP contribution in [0, 0.1) is 17.0 Å². The van der Waals surface area contributed by atoms with Gasteiger partial charge in [-0.2, -0.15) is 0 Å². The molecule has 0 atom stereocenters. The first kappa shape index (κ1) is 17.1. The van der Waals surface area contributed by atoms with Crippen molar-refractivity contribution < 1.29 is 23.7 Å². The molecule has 1 aliphatic rings. The summed E-state index contributed by atoms with van der Waals surface area (Å²) < 4.78 is 5.12. The smallest absolute Gasteiger partial charge is 0.331 e. The van der Waals surface area contributed by atoms with Gasteiger partial charge in [0.2, 0.25) is 0 Å². The molecule has 132 valence electrons. The number of nitrogens with zero attached hydrogens (tertiary/aromatic N) is 2. The monoisotopic (exact) mass is 355 g/mol. The van der Waals surface area contributed by atoms with Crippen LogP contribution in [0.5, 0.6) is 0 Å². The molecule has 0 aliphatic carbocycles. The molecule has 0 saturated carbocycles. The van der Waals surface area contributed by atoms with Crippen molar-refractivity contribution in [3.8, 4) is 0 Å². The standard InChI is InChI=1S/C17H13N3O6/c1-10-4-5-11(8-14(10)20(24)25)7-13-15(21)18-17(23)19(16(13)22)9-12-3-2-6-26-12/h2-8H,9H2,1H3,(H,18,21,23). The molecule has 1 saturated heterocycles. The Bertz CT molecular complexity index is 945. The van der Waals surface area contributed by atoms with Crippen LogP contribution in [0.25, 0.3) is 6.08 Å². The molecule has 1 fully saturated rings. The minimum absolute atomic E-state index is 0.133. The highest BCUT2D eigenvalue weighted by atomic mass is 16.6. The minimum Gasteiger partial charge on any atom is -0.467 e. The predicted octanol–water partition coefficient (Wildman–Crippen LogP) is 2.16. The fourth-order valence-corrected chi connectivity index (χ4v) is 2.48. The highest BCUT2D eigenvalue weighted by Gasteiger charge is 2.36. The topological polar surface area (TPSA) is 123 Å². The van der Waals surface area contributed by atoms with Crippen molar-refractivity contribution in [1.29, 1.82) is 0 Å². The van der Waals surface area contributed by atoms with Gasteiger partial charge in [-0.05, 0) is 30.7 Å². The Morgan fingerprint density at radius 3 is 2.69 bits per heavy atom. The summed E-state index contributed by atoms with van der Waals surface area (Å²) in [5.41, 5.74) is 0.320. The molecule has 26 heavy (non-hydrogen) atoms. The number of imide groups is 2. The number of nitrogens with one attached hydrogen (secondary N) is 1. The Morgan fingerprint density at radius 1 is 1.27 bits per heavy atom. The first-order chi connectivity index (χ1) is 12.4. The van der Waals surface area contributed by atoms with Crippen molar-refractivity contribution >= 4 is 29.6 Å². The number of hydrogen-bond acceptors (Lipinski definition) is 6. The van der Waals surface area contributed by atoms with Crippen molar-refractivity contribution in [2.24, 2.45) is 0 Å². The lowest BCUT2D eigenvalue weighted by Crippen LogP contribution is -2.53. The first-order valence-corrected chi connectivity index (χ1v) is 7.53. The molecule has 1 aromatic heterocycles. The maximum atomic E-state index is 12.6. The van der Waals surface area contributed by atoms with Crippen LogP contribution in [0.3, 0.4) is 0 Å². The van der Waals surface area contributed by atoms with Crippen molar-refractivity contribution in [2.45, 2.75) is 13.5 Å². The lowest BCUT2D eigenvalue weighted by molar-refractivity contribution is -0.385. The van der Waals surface area contributed by atoms with Gasteiger partial charge in [0, 0.05) is 11.6 Å². The summed E-state index contributed by atoms with van der Waals surface area (Å²) in [5, 5.41) is 13.1. The van der Waals surface area contributed by atoms with E-state index in [0.717, 1.165) is 4.90 Å². The molecule has 4 amide bonds. The van der Waals surface area contributed by atoms with Crippen molar-refractivity contribution in [3.63, 3.8) is 0 Å². The van der Waals surface area contributed by atoms with E-state index >= 15 is 0 Å². The second-order valence-corrected chi connectivity index (χ2v) is 5.59. The maximum Gasteiger partial charge on any atom is 0.331 e. The number of amides is 4. The van der Waals surface area contributed by atoms with Crippen LogP contribution in [0.2, 0.25) is 0 Å². The number of benzene rings is 1. The summed E-state index contributed by atoms with van der Waals surface area (Å²) in [4.78, 5) is 47.9. The average molecular weight is 355 g/mol. The fraction of sp³-hybridized carbons (Fsp3) is 0.118. The number of nitro groups is 1. The third-order valence-electron chi connectivity index (χ3n) is 3.82. The predicted molar refractivity (Wildman–Crippen MR) is 88.6 cm³/mol. The number of urea groups is 1. The summed E-state index contributed by atoms with van der Waals surface area (Å²) >= 11 is 0. The van der Waals surface area contributed by atoms with Gasteiger partial charge < -0.3 is 4.42 Å². The van der Waals surface area contributed by atoms with E-state index in [-0.39, 0.29) is 17.8 Å². The summed E-state index contributed by atoms with van der Waals surface area (Å²) in [6.07, 6.45) is 2.61. The van der Waals surface area contributed by atoms with E-state index in [4.69, 9.17) is 4.42 Å². The SMILES string of the molecule is Cc1ccc(C=C2C(=O)NC(=O)N(Cc3ccco3)C2=O)cc1[N+](=O)[O-]. The van der Waals surface area contributed by atoms with Gasteiger partial charge >= 0.3 is 6.03 Å².